The Labute approximate surface area is 147 Å². The van der Waals surface area contributed by atoms with E-state index in [9.17, 15) is 28.3 Å². The highest BCUT2D eigenvalue weighted by atomic mass is 19.3. The van der Waals surface area contributed by atoms with E-state index in [4.69, 9.17) is 9.47 Å². The number of benzene rings is 1. The molecule has 142 valence electrons. The van der Waals surface area contributed by atoms with Crippen LogP contribution in [-0.2, 0) is 14.3 Å². The normalized spacial score (nSPS) is 16.0. The summed E-state index contributed by atoms with van der Waals surface area (Å²) in [5.41, 5.74) is -0.673. The van der Waals surface area contributed by atoms with Crippen molar-refractivity contribution >= 4 is 18.1 Å². The molecule has 0 unspecified atom stereocenters. The van der Waals surface area contributed by atoms with Crippen LogP contribution in [0.2, 0.25) is 0 Å². The van der Waals surface area contributed by atoms with Crippen molar-refractivity contribution in [2.24, 2.45) is 0 Å². The molecule has 7 nitrogen and oxygen atoms in total. The summed E-state index contributed by atoms with van der Waals surface area (Å²) in [5, 5.41) is 10.2. The van der Waals surface area contributed by atoms with E-state index >= 15 is 0 Å². The van der Waals surface area contributed by atoms with Crippen molar-refractivity contribution in [1.29, 1.82) is 0 Å². The number of carbonyl (C=O) groups is 3. The first-order valence-electron chi connectivity index (χ1n) is 7.89. The van der Waals surface area contributed by atoms with Gasteiger partial charge in [0, 0.05) is 0 Å². The van der Waals surface area contributed by atoms with Crippen molar-refractivity contribution in [2.75, 3.05) is 6.61 Å². The third kappa shape index (κ3) is 5.14. The summed E-state index contributed by atoms with van der Waals surface area (Å²) < 4.78 is 40.2. The van der Waals surface area contributed by atoms with Gasteiger partial charge in [0.25, 0.3) is 0 Å². The van der Waals surface area contributed by atoms with Gasteiger partial charge in [-0.15, -0.1) is 0 Å². The molecule has 0 aliphatic heterocycles. The molecule has 0 heterocycles. The average molecular weight is 371 g/mol. The average Bonchev–Trinajstić information content (AvgIpc) is 2.99. The lowest BCUT2D eigenvalue weighted by Crippen LogP contribution is -2.45. The highest BCUT2D eigenvalue weighted by molar-refractivity contribution is 5.89. The van der Waals surface area contributed by atoms with Crippen LogP contribution in [0, 0.1) is 0 Å². The molecule has 1 aliphatic carbocycles. The minimum absolute atomic E-state index is 0.0909. The maximum Gasteiger partial charge on any atom is 0.514 e. The number of hydrogen-bond acceptors (Lipinski definition) is 7. The summed E-state index contributed by atoms with van der Waals surface area (Å²) in [6.07, 6.45) is 2.57. The number of rotatable bonds is 6. The molecule has 9 heteroatoms. The van der Waals surface area contributed by atoms with Crippen molar-refractivity contribution in [3.05, 3.63) is 29.8 Å². The Hall–Kier alpha value is -2.71. The van der Waals surface area contributed by atoms with E-state index in [0.717, 1.165) is 25.7 Å². The van der Waals surface area contributed by atoms with Gasteiger partial charge in [0.15, 0.2) is 6.61 Å². The van der Waals surface area contributed by atoms with Gasteiger partial charge in [-0.05, 0) is 56.9 Å². The van der Waals surface area contributed by atoms with Gasteiger partial charge in [0.1, 0.15) is 17.3 Å². The van der Waals surface area contributed by atoms with E-state index in [1.54, 1.807) is 0 Å². The fraction of sp³-hybridized carbons (Fsp3) is 0.471. The van der Waals surface area contributed by atoms with Crippen molar-refractivity contribution < 1.29 is 42.5 Å². The van der Waals surface area contributed by atoms with Crippen LogP contribution >= 0.6 is 0 Å². The summed E-state index contributed by atoms with van der Waals surface area (Å²) in [4.78, 5) is 33.6. The largest absolute Gasteiger partial charge is 0.544 e. The van der Waals surface area contributed by atoms with E-state index in [1.165, 1.54) is 24.3 Å². The zero-order valence-corrected chi connectivity index (χ0v) is 14.0. The topological polar surface area (TPSA) is 102 Å². The van der Waals surface area contributed by atoms with Gasteiger partial charge in [-0.3, -0.25) is 0 Å². The number of hydrogen-bond donors (Lipinski definition) is 0. The third-order valence-corrected chi connectivity index (χ3v) is 3.97. The maximum absolute atomic E-state index is 12.8. The van der Waals surface area contributed by atoms with Crippen LogP contribution in [0.3, 0.4) is 0 Å². The molecule has 1 saturated carbocycles. The number of carbonyl (C=O) groups excluding carboxylic acids is 3. The highest BCUT2D eigenvalue weighted by Crippen LogP contribution is 2.33. The van der Waals surface area contributed by atoms with Crippen LogP contribution in [0.5, 0.6) is 5.75 Å². The monoisotopic (exact) mass is 371 g/mol. The first-order valence-corrected chi connectivity index (χ1v) is 7.89. The zero-order chi connectivity index (χ0) is 19.4. The van der Waals surface area contributed by atoms with Crippen LogP contribution < -0.4 is 9.84 Å². The van der Waals surface area contributed by atoms with Crippen molar-refractivity contribution in [2.45, 2.75) is 44.1 Å². The number of carboxylic acid groups (broad SMARTS) is 1. The molecule has 0 aromatic heterocycles. The van der Waals surface area contributed by atoms with E-state index in [2.05, 4.69) is 4.74 Å². The van der Waals surface area contributed by atoms with Gasteiger partial charge in [0.2, 0.25) is 0 Å². The molecule has 1 fully saturated rings. The second-order valence-corrected chi connectivity index (χ2v) is 6.20. The highest BCUT2D eigenvalue weighted by Gasteiger charge is 2.34. The van der Waals surface area contributed by atoms with Crippen molar-refractivity contribution in [3.8, 4) is 5.75 Å². The van der Waals surface area contributed by atoms with Crippen molar-refractivity contribution in [1.82, 2.24) is 0 Å². The van der Waals surface area contributed by atoms with Gasteiger partial charge in [-0.25, -0.2) is 9.59 Å². The molecule has 0 amide bonds. The van der Waals surface area contributed by atoms with Crippen LogP contribution in [0.25, 0.3) is 0 Å². The number of aliphatic carboxylic acids is 1. The minimum Gasteiger partial charge on any atom is -0.544 e. The number of carboxylic acids is 1. The van der Waals surface area contributed by atoms with Gasteiger partial charge < -0.3 is 24.1 Å². The predicted octanol–water partition coefficient (Wildman–Crippen LogP) is 2.08. The second kappa shape index (κ2) is 7.67. The van der Waals surface area contributed by atoms with Gasteiger partial charge in [-0.2, -0.15) is 8.78 Å². The lowest BCUT2D eigenvalue weighted by atomic mass is 10.1. The van der Waals surface area contributed by atoms with Gasteiger partial charge >= 0.3 is 18.0 Å². The van der Waals surface area contributed by atoms with Gasteiger partial charge in [-0.1, -0.05) is 0 Å². The molecule has 0 bridgehead atoms. The van der Waals surface area contributed by atoms with E-state index < -0.39 is 36.2 Å². The smallest absolute Gasteiger partial charge is 0.514 e. The second-order valence-electron chi connectivity index (χ2n) is 6.20. The minimum atomic E-state index is -4.28. The standard InChI is InChI=1S/C17H18F2O7/c1-16(8-2-3-9-16)26-15(23)25-12-6-4-11(5-7-12)13(20)24-10-17(18,19)14(21)22/h4-7H,2-3,8-10H2,1H3,(H,21,22)/p-1. The molecule has 1 aromatic carbocycles. The van der Waals surface area contributed by atoms with E-state index in [1.807, 2.05) is 6.92 Å². The van der Waals surface area contributed by atoms with E-state index in [0.29, 0.717) is 0 Å². The molecule has 0 spiro atoms. The van der Waals surface area contributed by atoms with E-state index in [-0.39, 0.29) is 11.3 Å². The Kier molecular flexibility index (Phi) is 5.79. The third-order valence-electron chi connectivity index (χ3n) is 3.97. The molecule has 0 radical (unpaired) electrons. The number of alkyl halides is 2. The summed E-state index contributed by atoms with van der Waals surface area (Å²) >= 11 is 0. The Morgan fingerprint density at radius 1 is 1.15 bits per heavy atom. The summed E-state index contributed by atoms with van der Waals surface area (Å²) in [7, 11) is 0. The number of halogens is 2. The first-order chi connectivity index (χ1) is 12.1. The van der Waals surface area contributed by atoms with Crippen LogP contribution in [0.4, 0.5) is 13.6 Å². The maximum atomic E-state index is 12.8. The molecule has 0 N–H and O–H groups in total. The fourth-order valence-electron chi connectivity index (χ4n) is 2.50. The van der Waals surface area contributed by atoms with Crippen LogP contribution in [0.15, 0.2) is 24.3 Å². The van der Waals surface area contributed by atoms with Crippen molar-refractivity contribution in [3.63, 3.8) is 0 Å². The lowest BCUT2D eigenvalue weighted by Gasteiger charge is -2.23. The molecular formula is C17H17F2O7-. The number of ether oxygens (including phenoxy) is 3. The summed E-state index contributed by atoms with van der Waals surface area (Å²) in [6.45, 7) is 0.181. The molecule has 1 aliphatic rings. The van der Waals surface area contributed by atoms with Crippen LogP contribution in [-0.4, -0.2) is 36.2 Å². The zero-order valence-electron chi connectivity index (χ0n) is 14.0. The SMILES string of the molecule is CC1(OC(=O)Oc2ccc(C(=O)OCC(F)(F)C(=O)[O-])cc2)CCCC1. The molecule has 2 rings (SSSR count). The Bertz CT molecular complexity index is 679. The lowest BCUT2D eigenvalue weighted by molar-refractivity contribution is -0.331. The molecule has 26 heavy (non-hydrogen) atoms. The van der Waals surface area contributed by atoms with Crippen LogP contribution in [0.1, 0.15) is 43.0 Å². The molecular weight excluding hydrogens is 354 g/mol. The molecule has 1 aromatic rings. The number of esters is 1. The summed E-state index contributed by atoms with van der Waals surface area (Å²) in [5.74, 6) is -7.98. The first kappa shape index (κ1) is 19.6. The predicted molar refractivity (Wildman–Crippen MR) is 80.7 cm³/mol. The fourth-order valence-corrected chi connectivity index (χ4v) is 2.50. The Morgan fingerprint density at radius 3 is 2.27 bits per heavy atom. The molecule has 0 saturated heterocycles. The summed E-state index contributed by atoms with van der Waals surface area (Å²) in [6, 6.07) is 4.87. The Morgan fingerprint density at radius 2 is 1.73 bits per heavy atom. The Balaban J connectivity index is 1.88. The molecule has 0 atom stereocenters. The quantitative estimate of drug-likeness (QED) is 0.557. The van der Waals surface area contributed by atoms with Gasteiger partial charge in [0.05, 0.1) is 5.56 Å².